The molecular formula is C42H42N8O15Zn2. The fraction of sp³-hybridized carbons (Fsp3) is 0.0714. The molecule has 67 heavy (non-hydrogen) atoms. The van der Waals surface area contributed by atoms with E-state index in [1.807, 2.05) is 36.4 Å². The molecule has 344 valence electrons. The molecule has 0 aliphatic carbocycles. The molecule has 3 aromatic carbocycles. The van der Waals surface area contributed by atoms with Crippen LogP contribution in [0.4, 0.5) is 0 Å². The second kappa shape index (κ2) is 33.2. The predicted molar refractivity (Wildman–Crippen MR) is 235 cm³/mol. The van der Waals surface area contributed by atoms with Gasteiger partial charge in [-0.1, -0.05) is 72.8 Å². The Balaban J connectivity index is -0.000000370. The molecule has 9 rings (SSSR count). The summed E-state index contributed by atoms with van der Waals surface area (Å²) in [5.41, 5.74) is 5.86. The van der Waals surface area contributed by atoms with Gasteiger partial charge in [0.05, 0.1) is 56.1 Å². The molecule has 0 fully saturated rings. The minimum Gasteiger partial charge on any atom is -0.549 e. The van der Waals surface area contributed by atoms with Crippen LogP contribution >= 0.6 is 0 Å². The van der Waals surface area contributed by atoms with Crippen molar-refractivity contribution in [3.8, 4) is 0 Å². The van der Waals surface area contributed by atoms with E-state index in [0.29, 0.717) is 4.90 Å². The van der Waals surface area contributed by atoms with Gasteiger partial charge in [-0.05, 0) is 36.4 Å². The molecule has 0 amide bonds. The first-order chi connectivity index (χ1) is 28.5. The van der Waals surface area contributed by atoms with Crippen molar-refractivity contribution in [1.82, 2.24) is 34.8 Å². The van der Waals surface area contributed by atoms with Crippen molar-refractivity contribution < 1.29 is 107 Å². The summed E-state index contributed by atoms with van der Waals surface area (Å²) >= 11 is 0. The molecular weight excluding hydrogens is 987 g/mol. The van der Waals surface area contributed by atoms with E-state index in [1.165, 1.54) is 0 Å². The third-order valence-electron chi connectivity index (χ3n) is 8.09. The summed E-state index contributed by atoms with van der Waals surface area (Å²) in [6, 6.07) is 36.4. The van der Waals surface area contributed by atoms with Crippen LogP contribution < -0.4 is 15.3 Å². The fourth-order valence-corrected chi connectivity index (χ4v) is 5.75. The monoisotopic (exact) mass is 1030 g/mol. The van der Waals surface area contributed by atoms with Crippen LogP contribution in [0.25, 0.3) is 65.4 Å². The molecule has 0 spiro atoms. The van der Waals surface area contributed by atoms with Crippen molar-refractivity contribution in [1.29, 1.82) is 0 Å². The van der Waals surface area contributed by atoms with Crippen molar-refractivity contribution >= 4 is 83.3 Å². The van der Waals surface area contributed by atoms with Crippen LogP contribution in [-0.2, 0) is 53.3 Å². The molecule has 0 radical (unpaired) electrons. The number of carboxylic acids is 3. The van der Waals surface area contributed by atoms with Gasteiger partial charge in [0.2, 0.25) is 0 Å². The zero-order valence-electron chi connectivity index (χ0n) is 35.1. The van der Waals surface area contributed by atoms with Gasteiger partial charge < -0.3 is 77.9 Å². The van der Waals surface area contributed by atoms with Gasteiger partial charge in [-0.15, -0.1) is 0 Å². The number of carbonyl (C=O) groups excluding carboxylic acids is 3. The molecule has 0 saturated heterocycles. The number of rotatable bonds is 6. The van der Waals surface area contributed by atoms with Gasteiger partial charge >= 0.3 is 39.0 Å². The average Bonchev–Trinajstić information content (AvgIpc) is 3.23. The van der Waals surface area contributed by atoms with E-state index < -0.39 is 42.6 Å². The number of nitrogens with zero attached hydrogens (tertiary/aromatic N) is 8. The molecule has 0 atom stereocenters. The van der Waals surface area contributed by atoms with Crippen LogP contribution in [0, 0.1) is 15.3 Å². The maximum Gasteiger partial charge on any atom is 2.00 e. The summed E-state index contributed by atoms with van der Waals surface area (Å²) in [6.07, 6.45) is 10.8. The molecule has 0 bridgehead atoms. The Kier molecular flexibility index (Phi) is 32.9. The van der Waals surface area contributed by atoms with Crippen molar-refractivity contribution in [2.75, 3.05) is 19.6 Å². The van der Waals surface area contributed by atoms with Crippen molar-refractivity contribution in [3.05, 3.63) is 162 Å². The normalized spacial score (nSPS) is 9.09. The van der Waals surface area contributed by atoms with Gasteiger partial charge in [-0.25, -0.2) is 0 Å². The van der Waals surface area contributed by atoms with E-state index in [0.717, 1.165) is 65.4 Å². The Morgan fingerprint density at radius 1 is 0.373 bits per heavy atom. The summed E-state index contributed by atoms with van der Waals surface area (Å²) in [6.45, 7) is -2.37. The zero-order chi connectivity index (χ0) is 42.1. The first kappa shape index (κ1) is 66.3. The quantitative estimate of drug-likeness (QED) is 0.0731. The Morgan fingerprint density at radius 2 is 0.522 bits per heavy atom. The molecule has 6 heterocycles. The maximum atomic E-state index is 9.99. The Hall–Kier alpha value is -7.30. The van der Waals surface area contributed by atoms with Crippen LogP contribution in [0.2, 0.25) is 0 Å². The van der Waals surface area contributed by atoms with Crippen LogP contribution in [0.15, 0.2) is 146 Å². The molecule has 12 N–H and O–H groups in total. The van der Waals surface area contributed by atoms with E-state index in [1.54, 1.807) is 37.2 Å². The minimum atomic E-state index is -1.75. The van der Waals surface area contributed by atoms with Gasteiger partial charge in [0.1, 0.15) is 0 Å². The van der Waals surface area contributed by atoms with Crippen LogP contribution in [0.1, 0.15) is 0 Å². The standard InChI is InChI=1S/3C12H8N2.C6H9NO6.NO3.6H2O.2Zn/c3*1-3-9-5-6-10-4-2-8-14-12(10)11(9)13-7-1;8-4(9)1-7(2-5(10)11)3-6(12)13;2-1(3)4;;;;;;;;/h3*1-8H;1-3H2,(H,8,9)(H,10,11)(H,12,13);;6*1H2;;/q;;;;-1;;;;;;;2*+2/p-3. The number of hydrogen-bond acceptors (Lipinski definition) is 16. The molecule has 0 aliphatic rings. The molecule has 6 aromatic heterocycles. The predicted octanol–water partition coefficient (Wildman–Crippen LogP) is -2.31. The summed E-state index contributed by atoms with van der Waals surface area (Å²) in [7, 11) is 0. The Bertz CT molecular complexity index is 2450. The van der Waals surface area contributed by atoms with E-state index in [-0.39, 0.29) is 71.8 Å². The molecule has 0 aliphatic heterocycles. The molecule has 9 aromatic rings. The minimum absolute atomic E-state index is 0. The number of benzene rings is 3. The SMILES string of the molecule is O.O.O.O.O.O.O=C([O-])CN(CC(=O)[O-])CC(=O)[O-].O=[N+]([O-])[O-].[Zn+2].[Zn+2].c1cnc2c(c1)ccc1cccnc12.c1cnc2c(c1)ccc1cccnc12.c1cnc2c(c1)ccc1cccnc12. The number of carbonyl (C=O) groups is 3. The first-order valence-electron chi connectivity index (χ1n) is 17.4. The number of aromatic nitrogens is 6. The van der Waals surface area contributed by atoms with Gasteiger partial charge in [-0.2, -0.15) is 0 Å². The molecule has 25 heteroatoms. The van der Waals surface area contributed by atoms with Crippen LogP contribution in [0.3, 0.4) is 0 Å². The van der Waals surface area contributed by atoms with Gasteiger partial charge in [0.15, 0.2) is 0 Å². The van der Waals surface area contributed by atoms with E-state index in [9.17, 15) is 29.7 Å². The number of fused-ring (bicyclic) bond motifs is 9. The van der Waals surface area contributed by atoms with E-state index >= 15 is 0 Å². The van der Waals surface area contributed by atoms with Crippen molar-refractivity contribution in [2.45, 2.75) is 0 Å². The number of pyridine rings is 6. The molecule has 0 unspecified atom stereocenters. The third-order valence-corrected chi connectivity index (χ3v) is 8.09. The topological polar surface area (TPSA) is 456 Å². The number of aliphatic carboxylic acids is 3. The Morgan fingerprint density at radius 3 is 0.657 bits per heavy atom. The summed E-state index contributed by atoms with van der Waals surface area (Å²) in [5, 5.41) is 51.6. The molecule has 0 saturated carbocycles. The van der Waals surface area contributed by atoms with Crippen molar-refractivity contribution in [3.63, 3.8) is 0 Å². The van der Waals surface area contributed by atoms with Gasteiger partial charge in [0, 0.05) is 89.1 Å². The van der Waals surface area contributed by atoms with Crippen LogP contribution in [0.5, 0.6) is 0 Å². The summed E-state index contributed by atoms with van der Waals surface area (Å²) in [4.78, 5) is 64.9. The molecule has 23 nitrogen and oxygen atoms in total. The number of hydrogen-bond donors (Lipinski definition) is 0. The average molecular weight is 1030 g/mol. The van der Waals surface area contributed by atoms with E-state index in [2.05, 4.69) is 103 Å². The zero-order valence-corrected chi connectivity index (χ0v) is 41.1. The smallest absolute Gasteiger partial charge is 0.549 e. The second-order valence-electron chi connectivity index (χ2n) is 12.1. The third kappa shape index (κ3) is 19.8. The second-order valence-corrected chi connectivity index (χ2v) is 12.1. The van der Waals surface area contributed by atoms with Crippen molar-refractivity contribution in [2.24, 2.45) is 0 Å². The van der Waals surface area contributed by atoms with Gasteiger partial charge in [-0.3, -0.25) is 34.8 Å². The summed E-state index contributed by atoms with van der Waals surface area (Å²) < 4.78 is 0. The Labute approximate surface area is 404 Å². The largest absolute Gasteiger partial charge is 2.00 e. The summed E-state index contributed by atoms with van der Waals surface area (Å²) in [5.74, 6) is -4.70. The number of carboxylic acid groups (broad SMARTS) is 3. The first-order valence-corrected chi connectivity index (χ1v) is 17.4. The van der Waals surface area contributed by atoms with Gasteiger partial charge in [0.25, 0.3) is 0 Å². The fourth-order valence-electron chi connectivity index (χ4n) is 5.75. The van der Waals surface area contributed by atoms with E-state index in [4.69, 9.17) is 15.3 Å². The van der Waals surface area contributed by atoms with Crippen LogP contribution in [-0.4, -0.2) is 110 Å². The maximum absolute atomic E-state index is 9.99.